The van der Waals surface area contributed by atoms with Gasteiger partial charge in [0.1, 0.15) is 17.0 Å². The zero-order valence-corrected chi connectivity index (χ0v) is 16.7. The van der Waals surface area contributed by atoms with Crippen LogP contribution in [0.4, 0.5) is 17.1 Å². The summed E-state index contributed by atoms with van der Waals surface area (Å²) in [5, 5.41) is 33.2. The fourth-order valence-electron chi connectivity index (χ4n) is 3.55. The molecule has 9 heteroatoms. The van der Waals surface area contributed by atoms with Crippen molar-refractivity contribution in [1.82, 2.24) is 0 Å². The van der Waals surface area contributed by atoms with Crippen LogP contribution in [0.5, 0.6) is 5.75 Å². The van der Waals surface area contributed by atoms with Crippen molar-refractivity contribution in [3.8, 4) is 5.75 Å². The van der Waals surface area contributed by atoms with Gasteiger partial charge in [-0.15, -0.1) is 0 Å². The predicted octanol–water partition coefficient (Wildman–Crippen LogP) is 3.80. The van der Waals surface area contributed by atoms with E-state index in [1.165, 1.54) is 25.1 Å². The van der Waals surface area contributed by atoms with Crippen molar-refractivity contribution in [3.63, 3.8) is 0 Å². The van der Waals surface area contributed by atoms with Crippen LogP contribution in [-0.4, -0.2) is 40.1 Å². The maximum atomic E-state index is 12.6. The molecular formula is C21H23N3O6. The molecule has 1 saturated heterocycles. The average molecular weight is 413 g/mol. The Morgan fingerprint density at radius 1 is 1.20 bits per heavy atom. The number of hydrogen-bond donors (Lipinski definition) is 3. The van der Waals surface area contributed by atoms with Gasteiger partial charge in [-0.1, -0.05) is 6.92 Å². The van der Waals surface area contributed by atoms with E-state index in [1.54, 1.807) is 6.07 Å². The lowest BCUT2D eigenvalue weighted by Crippen LogP contribution is -2.33. The summed E-state index contributed by atoms with van der Waals surface area (Å²) in [5.74, 6) is -1.74. The van der Waals surface area contributed by atoms with Crippen LogP contribution in [0, 0.1) is 23.0 Å². The Morgan fingerprint density at radius 3 is 2.47 bits per heavy atom. The van der Waals surface area contributed by atoms with Gasteiger partial charge in [-0.25, -0.2) is 4.79 Å². The van der Waals surface area contributed by atoms with E-state index in [-0.39, 0.29) is 33.8 Å². The van der Waals surface area contributed by atoms with E-state index in [0.717, 1.165) is 32.0 Å². The lowest BCUT2D eigenvalue weighted by Gasteiger charge is -2.31. The number of aryl methyl sites for hydroxylation is 1. The molecule has 1 aliphatic heterocycles. The summed E-state index contributed by atoms with van der Waals surface area (Å²) < 4.78 is 0. The van der Waals surface area contributed by atoms with Gasteiger partial charge in [0.25, 0.3) is 11.6 Å². The van der Waals surface area contributed by atoms with Gasteiger partial charge < -0.3 is 20.4 Å². The molecule has 0 atom stereocenters. The summed E-state index contributed by atoms with van der Waals surface area (Å²) >= 11 is 0. The molecule has 1 fully saturated rings. The van der Waals surface area contributed by atoms with Gasteiger partial charge in [0.05, 0.1) is 4.92 Å². The number of amides is 1. The molecule has 158 valence electrons. The third-order valence-electron chi connectivity index (χ3n) is 5.35. The molecule has 9 nitrogen and oxygen atoms in total. The summed E-state index contributed by atoms with van der Waals surface area (Å²) in [6.45, 7) is 5.10. The fourth-order valence-corrected chi connectivity index (χ4v) is 3.55. The number of hydrogen-bond acceptors (Lipinski definition) is 6. The molecule has 1 amide bonds. The van der Waals surface area contributed by atoms with Crippen LogP contribution < -0.4 is 10.2 Å². The number of carbonyl (C=O) groups excluding carboxylic acids is 1. The van der Waals surface area contributed by atoms with Crippen molar-refractivity contribution in [2.75, 3.05) is 23.3 Å². The predicted molar refractivity (Wildman–Crippen MR) is 111 cm³/mol. The van der Waals surface area contributed by atoms with Gasteiger partial charge in [0, 0.05) is 30.4 Å². The number of piperidine rings is 1. The Morgan fingerprint density at radius 2 is 1.87 bits per heavy atom. The molecule has 0 aliphatic carbocycles. The van der Waals surface area contributed by atoms with Gasteiger partial charge in [-0.05, 0) is 55.5 Å². The van der Waals surface area contributed by atoms with Crippen LogP contribution >= 0.6 is 0 Å². The molecule has 0 unspecified atom stereocenters. The van der Waals surface area contributed by atoms with Crippen LogP contribution in [0.3, 0.4) is 0 Å². The summed E-state index contributed by atoms with van der Waals surface area (Å²) in [7, 11) is 0. The number of carbonyl (C=O) groups is 2. The third kappa shape index (κ3) is 4.35. The van der Waals surface area contributed by atoms with E-state index in [2.05, 4.69) is 12.2 Å². The van der Waals surface area contributed by atoms with Crippen LogP contribution in [0.1, 0.15) is 46.0 Å². The Labute approximate surface area is 173 Å². The first-order valence-corrected chi connectivity index (χ1v) is 9.59. The third-order valence-corrected chi connectivity index (χ3v) is 5.35. The number of carboxylic acid groups (broad SMARTS) is 1. The quantitative estimate of drug-likeness (QED) is 0.386. The number of aromatic carboxylic acids is 1. The molecule has 30 heavy (non-hydrogen) atoms. The molecule has 3 rings (SSSR count). The number of nitro benzene ring substituents is 1. The number of carboxylic acids is 1. The minimum Gasteiger partial charge on any atom is -0.507 e. The maximum absolute atomic E-state index is 12.6. The Kier molecular flexibility index (Phi) is 5.91. The average Bonchev–Trinajstić information content (AvgIpc) is 2.70. The van der Waals surface area contributed by atoms with Gasteiger partial charge in [-0.3, -0.25) is 14.9 Å². The number of anilines is 2. The van der Waals surface area contributed by atoms with Gasteiger partial charge >= 0.3 is 5.97 Å². The topological polar surface area (TPSA) is 133 Å². The second-order valence-corrected chi connectivity index (χ2v) is 7.58. The van der Waals surface area contributed by atoms with Crippen LogP contribution in [-0.2, 0) is 0 Å². The van der Waals surface area contributed by atoms with E-state index in [1.807, 2.05) is 4.90 Å². The van der Waals surface area contributed by atoms with Crippen molar-refractivity contribution in [3.05, 3.63) is 57.1 Å². The van der Waals surface area contributed by atoms with Crippen LogP contribution in [0.25, 0.3) is 0 Å². The van der Waals surface area contributed by atoms with Gasteiger partial charge in [0.2, 0.25) is 0 Å². The lowest BCUT2D eigenvalue weighted by atomic mass is 9.98. The highest BCUT2D eigenvalue weighted by Gasteiger charge is 2.25. The molecule has 0 aromatic heterocycles. The number of nitrogens with zero attached hydrogens (tertiary/aromatic N) is 2. The highest BCUT2D eigenvalue weighted by atomic mass is 16.6. The van der Waals surface area contributed by atoms with E-state index in [9.17, 15) is 29.9 Å². The Hall–Kier alpha value is -3.62. The van der Waals surface area contributed by atoms with Crippen molar-refractivity contribution < 1.29 is 24.7 Å². The highest BCUT2D eigenvalue weighted by molar-refractivity contribution is 6.06. The Balaban J connectivity index is 1.87. The molecule has 0 spiro atoms. The Bertz CT molecular complexity index is 1010. The minimum absolute atomic E-state index is 0.0819. The molecule has 0 bridgehead atoms. The fraction of sp³-hybridized carbons (Fsp3) is 0.333. The molecule has 0 radical (unpaired) electrons. The molecule has 0 saturated carbocycles. The molecule has 3 N–H and O–H groups in total. The summed E-state index contributed by atoms with van der Waals surface area (Å²) in [5.41, 5.74) is 0.530. The normalized spacial score (nSPS) is 14.4. The summed E-state index contributed by atoms with van der Waals surface area (Å²) in [6, 6.07) is 6.89. The van der Waals surface area contributed by atoms with E-state index in [0.29, 0.717) is 11.6 Å². The number of aromatic hydroxyl groups is 1. The van der Waals surface area contributed by atoms with E-state index >= 15 is 0 Å². The van der Waals surface area contributed by atoms with Crippen molar-refractivity contribution in [2.45, 2.75) is 26.7 Å². The van der Waals surface area contributed by atoms with Crippen LogP contribution in [0.15, 0.2) is 30.3 Å². The highest BCUT2D eigenvalue weighted by Crippen LogP contribution is 2.33. The molecule has 1 heterocycles. The van der Waals surface area contributed by atoms with Gasteiger partial charge in [-0.2, -0.15) is 0 Å². The first kappa shape index (κ1) is 21.1. The zero-order valence-electron chi connectivity index (χ0n) is 16.7. The first-order chi connectivity index (χ1) is 14.2. The summed E-state index contributed by atoms with van der Waals surface area (Å²) in [6.07, 6.45) is 1.90. The summed E-state index contributed by atoms with van der Waals surface area (Å²) in [4.78, 5) is 37.0. The second-order valence-electron chi connectivity index (χ2n) is 7.58. The molecule has 2 aromatic carbocycles. The van der Waals surface area contributed by atoms with E-state index in [4.69, 9.17) is 0 Å². The van der Waals surface area contributed by atoms with Gasteiger partial charge in [0.15, 0.2) is 0 Å². The SMILES string of the molecule is Cc1cc(NC(=O)c2ccc(N3CCC(C)CC3)c([N+](=O)[O-])c2)cc(C(=O)O)c1O. The second kappa shape index (κ2) is 8.40. The number of benzene rings is 2. The van der Waals surface area contributed by atoms with E-state index < -0.39 is 16.8 Å². The molecular weight excluding hydrogens is 390 g/mol. The van der Waals surface area contributed by atoms with Crippen LogP contribution in [0.2, 0.25) is 0 Å². The van der Waals surface area contributed by atoms with Crippen molar-refractivity contribution in [1.29, 1.82) is 0 Å². The van der Waals surface area contributed by atoms with Crippen molar-refractivity contribution >= 4 is 28.9 Å². The standard InChI is InChI=1S/C21H23N3O6/c1-12-5-7-23(8-6-12)17-4-3-14(10-18(17)24(29)30)20(26)22-15-9-13(2)19(25)16(11-15)21(27)28/h3-4,9-12,25H,5-8H2,1-2H3,(H,22,26)(H,27,28). The largest absolute Gasteiger partial charge is 0.507 e. The first-order valence-electron chi connectivity index (χ1n) is 9.59. The van der Waals surface area contributed by atoms with Crippen molar-refractivity contribution in [2.24, 2.45) is 5.92 Å². The number of phenols is 1. The number of rotatable bonds is 5. The number of nitro groups is 1. The maximum Gasteiger partial charge on any atom is 0.339 e. The number of nitrogens with one attached hydrogen (secondary N) is 1. The molecule has 2 aromatic rings. The molecule has 1 aliphatic rings. The zero-order chi connectivity index (χ0) is 22.0. The lowest BCUT2D eigenvalue weighted by molar-refractivity contribution is -0.384. The monoisotopic (exact) mass is 413 g/mol. The minimum atomic E-state index is -1.33. The smallest absolute Gasteiger partial charge is 0.339 e.